The van der Waals surface area contributed by atoms with E-state index >= 15 is 0 Å². The van der Waals surface area contributed by atoms with Crippen LogP contribution in [-0.2, 0) is 11.8 Å². The minimum absolute atomic E-state index is 0.120. The van der Waals surface area contributed by atoms with Gasteiger partial charge in [0.2, 0.25) is 0 Å². The second kappa shape index (κ2) is 6.26. The van der Waals surface area contributed by atoms with Gasteiger partial charge in [-0.2, -0.15) is 0 Å². The third kappa shape index (κ3) is 2.95. The van der Waals surface area contributed by atoms with Crippen LogP contribution in [0.3, 0.4) is 0 Å². The van der Waals surface area contributed by atoms with Gasteiger partial charge in [0.15, 0.2) is 0 Å². The summed E-state index contributed by atoms with van der Waals surface area (Å²) >= 11 is 0. The Morgan fingerprint density at radius 3 is 2.48 bits per heavy atom. The van der Waals surface area contributed by atoms with E-state index in [1.165, 1.54) is 38.7 Å². The van der Waals surface area contributed by atoms with E-state index in [0.29, 0.717) is 5.92 Å². The Balaban J connectivity index is 1.78. The molecule has 0 aliphatic rings. The minimum atomic E-state index is 0.120. The third-order valence-electron chi connectivity index (χ3n) is 5.77. The fourth-order valence-electron chi connectivity index (χ4n) is 4.68. The molecule has 0 bridgehead atoms. The monoisotopic (exact) mass is 359 g/mol. The number of aromatic amines is 2. The van der Waals surface area contributed by atoms with Gasteiger partial charge >= 0.3 is 0 Å². The second-order valence-electron chi connectivity index (χ2n) is 8.94. The number of hydrogen-bond acceptors (Lipinski definition) is 1. The van der Waals surface area contributed by atoms with Crippen molar-refractivity contribution in [3.8, 4) is 0 Å². The summed E-state index contributed by atoms with van der Waals surface area (Å²) < 4.78 is 0. The van der Waals surface area contributed by atoms with Gasteiger partial charge in [0.1, 0.15) is 0 Å². The van der Waals surface area contributed by atoms with Crippen molar-refractivity contribution in [3.05, 3.63) is 64.6 Å². The number of nitrogens with zero attached hydrogens (tertiary/aromatic N) is 1. The van der Waals surface area contributed by atoms with Crippen LogP contribution in [0.1, 0.15) is 61.4 Å². The van der Waals surface area contributed by atoms with Crippen molar-refractivity contribution >= 4 is 21.9 Å². The Morgan fingerprint density at radius 1 is 1.00 bits per heavy atom. The zero-order valence-corrected chi connectivity index (χ0v) is 17.2. The van der Waals surface area contributed by atoms with Gasteiger partial charge in [-0.3, -0.25) is 0 Å². The Labute approximate surface area is 161 Å². The number of nitrogens with one attached hydrogen (secondary N) is 2. The molecule has 0 radical (unpaired) electrons. The quantitative estimate of drug-likeness (QED) is 0.442. The molecule has 4 aromatic rings. The number of hydrogen-bond donors (Lipinski definition) is 2. The average molecular weight is 360 g/mol. The van der Waals surface area contributed by atoms with E-state index in [0.717, 1.165) is 17.5 Å². The molecule has 2 N–H and O–H groups in total. The van der Waals surface area contributed by atoms with Crippen molar-refractivity contribution in [1.29, 1.82) is 0 Å². The van der Waals surface area contributed by atoms with E-state index < -0.39 is 0 Å². The minimum Gasteiger partial charge on any atom is -0.361 e. The van der Waals surface area contributed by atoms with Gasteiger partial charge in [0.05, 0.1) is 17.4 Å². The zero-order chi connectivity index (χ0) is 19.3. The third-order valence-corrected chi connectivity index (χ3v) is 5.77. The molecule has 0 saturated heterocycles. The first-order valence-electron chi connectivity index (χ1n) is 9.80. The highest BCUT2D eigenvalue weighted by molar-refractivity contribution is 5.88. The van der Waals surface area contributed by atoms with E-state index in [9.17, 15) is 0 Å². The molecule has 2 heterocycles. The summed E-state index contributed by atoms with van der Waals surface area (Å²) in [5.74, 6) is 0.399. The molecule has 140 valence electrons. The number of aryl methyl sites for hydroxylation is 2. The first-order chi connectivity index (χ1) is 12.8. The van der Waals surface area contributed by atoms with Crippen LogP contribution in [0.2, 0.25) is 0 Å². The van der Waals surface area contributed by atoms with Crippen LogP contribution in [0.5, 0.6) is 0 Å². The van der Waals surface area contributed by atoms with Crippen molar-refractivity contribution < 1.29 is 0 Å². The van der Waals surface area contributed by atoms with Gasteiger partial charge in [-0.05, 0) is 65.5 Å². The van der Waals surface area contributed by atoms with E-state index in [1.807, 2.05) is 0 Å². The maximum Gasteiger partial charge on any atom is 0.0931 e. The molecule has 3 nitrogen and oxygen atoms in total. The van der Waals surface area contributed by atoms with Crippen molar-refractivity contribution in [2.75, 3.05) is 0 Å². The lowest BCUT2D eigenvalue weighted by Crippen LogP contribution is -2.13. The van der Waals surface area contributed by atoms with E-state index in [2.05, 4.69) is 87.0 Å². The van der Waals surface area contributed by atoms with Crippen molar-refractivity contribution in [1.82, 2.24) is 15.0 Å². The number of fused-ring (bicyclic) bond motifs is 2. The molecule has 0 aliphatic heterocycles. The normalized spacial score (nSPS) is 13.6. The summed E-state index contributed by atoms with van der Waals surface area (Å²) in [5.41, 5.74) is 10.5. The highest BCUT2D eigenvalue weighted by Crippen LogP contribution is 2.36. The number of imidazole rings is 1. The van der Waals surface area contributed by atoms with Crippen molar-refractivity contribution in [3.63, 3.8) is 0 Å². The molecule has 0 saturated carbocycles. The summed E-state index contributed by atoms with van der Waals surface area (Å²) in [5, 5.41) is 1.35. The molecule has 27 heavy (non-hydrogen) atoms. The average Bonchev–Trinajstić information content (AvgIpc) is 3.20. The standard InChI is InChI=1S/C24H29N3/c1-14-8-10-19-23(27-13-26-19)20(14)16(3)11-17-12-25-22-18(17)9-7-15(2)21(22)24(4,5)6/h7-10,12-13,16,25H,11H2,1-6H3,(H,26,27). The largest absolute Gasteiger partial charge is 0.361 e. The lowest BCUT2D eigenvalue weighted by molar-refractivity contribution is 0.591. The molecule has 0 spiro atoms. The maximum absolute atomic E-state index is 4.59. The van der Waals surface area contributed by atoms with Crippen LogP contribution in [0.25, 0.3) is 21.9 Å². The molecule has 0 fully saturated rings. The number of rotatable bonds is 3. The lowest BCUT2D eigenvalue weighted by atomic mass is 9.82. The van der Waals surface area contributed by atoms with Crippen LogP contribution in [0.4, 0.5) is 0 Å². The summed E-state index contributed by atoms with van der Waals surface area (Å²) in [7, 11) is 0. The predicted octanol–water partition coefficient (Wildman–Crippen LogP) is 6.30. The molecule has 0 amide bonds. The summed E-state index contributed by atoms with van der Waals surface area (Å²) in [6.07, 6.45) is 5.00. The van der Waals surface area contributed by atoms with Crippen molar-refractivity contribution in [2.24, 2.45) is 0 Å². The topological polar surface area (TPSA) is 44.5 Å². The zero-order valence-electron chi connectivity index (χ0n) is 17.2. The smallest absolute Gasteiger partial charge is 0.0931 e. The van der Waals surface area contributed by atoms with Crippen LogP contribution in [0, 0.1) is 13.8 Å². The van der Waals surface area contributed by atoms with Gasteiger partial charge in [-0.1, -0.05) is 45.9 Å². The Hall–Kier alpha value is -2.55. The van der Waals surface area contributed by atoms with E-state index in [1.54, 1.807) is 6.33 Å². The molecule has 4 rings (SSSR count). The van der Waals surface area contributed by atoms with E-state index in [-0.39, 0.29) is 5.41 Å². The highest BCUT2D eigenvalue weighted by atomic mass is 14.9. The first kappa shape index (κ1) is 17.8. The van der Waals surface area contributed by atoms with Crippen molar-refractivity contribution in [2.45, 2.75) is 59.3 Å². The lowest BCUT2D eigenvalue weighted by Gasteiger charge is -2.23. The number of H-pyrrole nitrogens is 2. The first-order valence-corrected chi connectivity index (χ1v) is 9.80. The summed E-state index contributed by atoms with van der Waals surface area (Å²) in [6.45, 7) is 13.6. The van der Waals surface area contributed by atoms with Crippen LogP contribution in [0.15, 0.2) is 36.8 Å². The summed E-state index contributed by atoms with van der Waals surface area (Å²) in [4.78, 5) is 11.4. The number of benzene rings is 2. The number of aromatic nitrogens is 3. The Bertz CT molecular complexity index is 1120. The van der Waals surface area contributed by atoms with Gasteiger partial charge in [0.25, 0.3) is 0 Å². The SMILES string of the molecule is Cc1ccc2[nH]cnc2c1C(C)Cc1c[nH]c2c(C(C)(C)C)c(C)ccc12. The molecule has 1 atom stereocenters. The molecule has 2 aromatic heterocycles. The highest BCUT2D eigenvalue weighted by Gasteiger charge is 2.22. The fourth-order valence-corrected chi connectivity index (χ4v) is 4.68. The second-order valence-corrected chi connectivity index (χ2v) is 8.94. The van der Waals surface area contributed by atoms with Gasteiger partial charge in [-0.25, -0.2) is 4.98 Å². The maximum atomic E-state index is 4.59. The van der Waals surface area contributed by atoms with Gasteiger partial charge in [0, 0.05) is 17.1 Å². The molecule has 3 heteroatoms. The molecule has 1 unspecified atom stereocenters. The Morgan fingerprint density at radius 2 is 1.74 bits per heavy atom. The van der Waals surface area contributed by atoms with E-state index in [4.69, 9.17) is 0 Å². The molecular formula is C24H29N3. The van der Waals surface area contributed by atoms with Crippen LogP contribution >= 0.6 is 0 Å². The van der Waals surface area contributed by atoms with Crippen LogP contribution in [-0.4, -0.2) is 15.0 Å². The summed E-state index contributed by atoms with van der Waals surface area (Å²) in [6, 6.07) is 8.87. The predicted molar refractivity (Wildman–Crippen MR) is 115 cm³/mol. The molecule has 2 aromatic carbocycles. The molecular weight excluding hydrogens is 330 g/mol. The van der Waals surface area contributed by atoms with Gasteiger partial charge < -0.3 is 9.97 Å². The van der Waals surface area contributed by atoms with Gasteiger partial charge in [-0.15, -0.1) is 0 Å². The molecule has 0 aliphatic carbocycles. The fraction of sp³-hybridized carbons (Fsp3) is 0.375. The van der Waals surface area contributed by atoms with Crippen LogP contribution < -0.4 is 0 Å². The Kier molecular flexibility index (Phi) is 4.14.